The maximum atomic E-state index is 11.3. The van der Waals surface area contributed by atoms with Crippen LogP contribution in [0.4, 0.5) is 4.39 Å². The summed E-state index contributed by atoms with van der Waals surface area (Å²) in [6.45, 7) is 3.17. The number of ether oxygens (including phenoxy) is 1. The van der Waals surface area contributed by atoms with E-state index in [0.29, 0.717) is 26.2 Å². The van der Waals surface area contributed by atoms with Gasteiger partial charge in [0.2, 0.25) is 0 Å². The molecule has 1 N–H and O–H groups in total. The van der Waals surface area contributed by atoms with E-state index in [0.717, 1.165) is 4.86 Å². The highest BCUT2D eigenvalue weighted by Gasteiger charge is 1.86. The molecule has 0 fully saturated rings. The quantitative estimate of drug-likeness (QED) is 0.376. The third-order valence-electron chi connectivity index (χ3n) is 0.861. The molecule has 4 heteroatoms. The molecular weight excluding hydrogens is 165 g/mol. The monoisotopic (exact) mass is 177 g/mol. The zero-order valence-electron chi connectivity index (χ0n) is 6.47. The fourth-order valence-corrected chi connectivity index (χ4v) is 0.537. The number of halogens is 1. The lowest BCUT2D eigenvalue weighted by molar-refractivity contribution is 0.155. The Kier molecular flexibility index (Phi) is 7.56. The number of nitrogens with one attached hydrogen (secondary N) is 1. The third-order valence-corrected chi connectivity index (χ3v) is 0.979. The van der Waals surface area contributed by atoms with Gasteiger partial charge >= 0.3 is 0 Å². The van der Waals surface area contributed by atoms with Crippen molar-refractivity contribution in [2.45, 2.75) is 6.92 Å². The Hall–Kier alpha value is -0.320. The number of hydrogen-bond acceptors (Lipinski definition) is 3. The van der Waals surface area contributed by atoms with E-state index in [-0.39, 0.29) is 0 Å². The predicted octanol–water partition coefficient (Wildman–Crippen LogP) is 1.42. The van der Waals surface area contributed by atoms with E-state index in [1.165, 1.54) is 6.08 Å². The van der Waals surface area contributed by atoms with Crippen molar-refractivity contribution in [1.29, 1.82) is 0 Å². The van der Waals surface area contributed by atoms with Crippen LogP contribution in [0.25, 0.3) is 0 Å². The molecule has 0 aromatic heterocycles. The van der Waals surface area contributed by atoms with Gasteiger partial charge in [0.15, 0.2) is 0 Å². The summed E-state index contributed by atoms with van der Waals surface area (Å²) >= 11 is 4.77. The first-order valence-corrected chi connectivity index (χ1v) is 3.71. The number of rotatable bonds is 6. The maximum absolute atomic E-state index is 11.3. The molecule has 0 aromatic carbocycles. The SMILES string of the molecule is CC(=S)COCNCC=CF. The van der Waals surface area contributed by atoms with Gasteiger partial charge in [0.1, 0.15) is 0 Å². The van der Waals surface area contributed by atoms with Gasteiger partial charge in [0.25, 0.3) is 0 Å². The van der Waals surface area contributed by atoms with Crippen LogP contribution in [-0.2, 0) is 4.74 Å². The molecule has 0 aliphatic carbocycles. The topological polar surface area (TPSA) is 21.3 Å². The van der Waals surface area contributed by atoms with E-state index in [9.17, 15) is 4.39 Å². The second-order valence-electron chi connectivity index (χ2n) is 2.01. The Morgan fingerprint density at radius 3 is 3.00 bits per heavy atom. The van der Waals surface area contributed by atoms with Crippen LogP contribution < -0.4 is 5.32 Å². The standard InChI is InChI=1S/C7H12FNOS/c1-7(11)5-10-6-9-4-2-3-8/h2-3,9H,4-6H2,1H3. The van der Waals surface area contributed by atoms with E-state index in [2.05, 4.69) is 5.32 Å². The number of thiocarbonyl (C=S) groups is 1. The Labute approximate surface area is 71.4 Å². The van der Waals surface area contributed by atoms with Gasteiger partial charge in [-0.15, -0.1) is 0 Å². The average molecular weight is 177 g/mol. The predicted molar refractivity (Wildman–Crippen MR) is 47.3 cm³/mol. The lowest BCUT2D eigenvalue weighted by Crippen LogP contribution is -2.19. The Balaban J connectivity index is 2.96. The molecule has 64 valence electrons. The minimum absolute atomic E-state index is 0.401. The van der Waals surface area contributed by atoms with Gasteiger partial charge in [-0.1, -0.05) is 12.2 Å². The lowest BCUT2D eigenvalue weighted by Gasteiger charge is -2.01. The summed E-state index contributed by atoms with van der Waals surface area (Å²) in [5.41, 5.74) is 0. The Morgan fingerprint density at radius 1 is 1.73 bits per heavy atom. The average Bonchev–Trinajstić information content (AvgIpc) is 1.96. The first kappa shape index (κ1) is 10.7. The first-order chi connectivity index (χ1) is 5.27. The molecule has 0 aromatic rings. The maximum Gasteiger partial charge on any atom is 0.0972 e. The summed E-state index contributed by atoms with van der Waals surface area (Å²) in [4.78, 5) is 0.813. The van der Waals surface area contributed by atoms with Gasteiger partial charge in [-0.05, 0) is 13.0 Å². The van der Waals surface area contributed by atoms with Gasteiger partial charge in [0, 0.05) is 11.4 Å². The fourth-order valence-electron chi connectivity index (χ4n) is 0.454. The molecule has 2 nitrogen and oxygen atoms in total. The van der Waals surface area contributed by atoms with E-state index in [1.807, 2.05) is 6.92 Å². The summed E-state index contributed by atoms with van der Waals surface area (Å²) in [6.07, 6.45) is 1.87. The molecule has 0 saturated heterocycles. The van der Waals surface area contributed by atoms with Gasteiger partial charge in [-0.2, -0.15) is 0 Å². The molecule has 11 heavy (non-hydrogen) atoms. The Morgan fingerprint density at radius 2 is 2.45 bits per heavy atom. The van der Waals surface area contributed by atoms with Crippen molar-refractivity contribution >= 4 is 17.1 Å². The van der Waals surface area contributed by atoms with Crippen molar-refractivity contribution in [2.75, 3.05) is 19.9 Å². The van der Waals surface area contributed by atoms with Gasteiger partial charge in [-0.3, -0.25) is 5.32 Å². The van der Waals surface area contributed by atoms with Crippen molar-refractivity contribution in [2.24, 2.45) is 0 Å². The third kappa shape index (κ3) is 9.68. The molecule has 0 rings (SSSR count). The summed E-state index contributed by atoms with van der Waals surface area (Å²) < 4.78 is 16.4. The van der Waals surface area contributed by atoms with Crippen LogP contribution in [0.15, 0.2) is 12.4 Å². The van der Waals surface area contributed by atoms with Crippen LogP contribution in [0.3, 0.4) is 0 Å². The zero-order chi connectivity index (χ0) is 8.53. The van der Waals surface area contributed by atoms with E-state index in [4.69, 9.17) is 17.0 Å². The highest BCUT2D eigenvalue weighted by molar-refractivity contribution is 7.80. The van der Waals surface area contributed by atoms with E-state index in [1.54, 1.807) is 0 Å². The molecule has 0 atom stereocenters. The molecule has 0 aliphatic rings. The molecule has 0 spiro atoms. The summed E-state index contributed by atoms with van der Waals surface area (Å²) in [5.74, 6) is 0. The molecule has 0 unspecified atom stereocenters. The number of hydrogen-bond donors (Lipinski definition) is 1. The van der Waals surface area contributed by atoms with Gasteiger partial charge in [0.05, 0.1) is 19.7 Å². The van der Waals surface area contributed by atoms with E-state index >= 15 is 0 Å². The van der Waals surface area contributed by atoms with Crippen LogP contribution in [0.2, 0.25) is 0 Å². The highest BCUT2D eigenvalue weighted by Crippen LogP contribution is 1.77. The lowest BCUT2D eigenvalue weighted by atomic mass is 10.5. The van der Waals surface area contributed by atoms with Crippen LogP contribution in [0.5, 0.6) is 0 Å². The molecule has 0 aliphatic heterocycles. The zero-order valence-corrected chi connectivity index (χ0v) is 7.29. The molecule has 0 heterocycles. The summed E-state index contributed by atoms with van der Waals surface area (Å²) in [6, 6.07) is 0. The van der Waals surface area contributed by atoms with Crippen molar-refractivity contribution in [3.05, 3.63) is 12.4 Å². The van der Waals surface area contributed by atoms with Crippen LogP contribution in [0, 0.1) is 0 Å². The van der Waals surface area contributed by atoms with Crippen LogP contribution in [-0.4, -0.2) is 24.7 Å². The van der Waals surface area contributed by atoms with Crippen LogP contribution in [0.1, 0.15) is 6.92 Å². The minimum Gasteiger partial charge on any atom is -0.361 e. The van der Waals surface area contributed by atoms with Crippen molar-refractivity contribution < 1.29 is 9.13 Å². The molecule has 0 saturated carbocycles. The smallest absolute Gasteiger partial charge is 0.0972 e. The van der Waals surface area contributed by atoms with Gasteiger partial charge in [-0.25, -0.2) is 4.39 Å². The van der Waals surface area contributed by atoms with Crippen molar-refractivity contribution in [3.63, 3.8) is 0 Å². The first-order valence-electron chi connectivity index (χ1n) is 3.30. The largest absolute Gasteiger partial charge is 0.361 e. The van der Waals surface area contributed by atoms with Gasteiger partial charge < -0.3 is 4.74 Å². The van der Waals surface area contributed by atoms with Crippen molar-refractivity contribution in [3.8, 4) is 0 Å². The minimum atomic E-state index is 0.401. The molecular formula is C7H12FNOS. The highest BCUT2D eigenvalue weighted by atomic mass is 32.1. The molecule has 0 amide bonds. The van der Waals surface area contributed by atoms with Crippen molar-refractivity contribution in [1.82, 2.24) is 5.32 Å². The summed E-state index contributed by atoms with van der Waals surface area (Å²) in [5, 5.41) is 2.83. The fraction of sp³-hybridized carbons (Fsp3) is 0.571. The Bertz CT molecular complexity index is 138. The normalized spacial score (nSPS) is 10.7. The summed E-state index contributed by atoms with van der Waals surface area (Å²) in [7, 11) is 0. The van der Waals surface area contributed by atoms with Crippen LogP contribution >= 0.6 is 12.2 Å². The molecule has 0 bridgehead atoms. The second kappa shape index (κ2) is 7.78. The molecule has 0 radical (unpaired) electrons. The van der Waals surface area contributed by atoms with E-state index < -0.39 is 0 Å². The second-order valence-corrected chi connectivity index (χ2v) is 2.71.